The third kappa shape index (κ3) is 2.40. The van der Waals surface area contributed by atoms with E-state index in [2.05, 4.69) is 25.9 Å². The summed E-state index contributed by atoms with van der Waals surface area (Å²) >= 11 is 0. The van der Waals surface area contributed by atoms with Crippen LogP contribution in [0.25, 0.3) is 5.69 Å². The molecule has 1 aromatic heterocycles. The van der Waals surface area contributed by atoms with Gasteiger partial charge in [0.15, 0.2) is 0 Å². The van der Waals surface area contributed by atoms with Gasteiger partial charge < -0.3 is 0 Å². The topological polar surface area (TPSA) is 61.0 Å². The Morgan fingerprint density at radius 1 is 1.28 bits per heavy atom. The van der Waals surface area contributed by atoms with Crippen molar-refractivity contribution in [3.63, 3.8) is 0 Å². The zero-order valence-electron chi connectivity index (χ0n) is 10.6. The van der Waals surface area contributed by atoms with E-state index in [0.717, 1.165) is 5.69 Å². The van der Waals surface area contributed by atoms with Crippen LogP contribution in [0.4, 0.5) is 5.69 Å². The molecule has 0 N–H and O–H groups in total. The molecule has 18 heavy (non-hydrogen) atoms. The van der Waals surface area contributed by atoms with Crippen LogP contribution in [0.1, 0.15) is 26.5 Å². The van der Waals surface area contributed by atoms with Crippen molar-refractivity contribution in [2.75, 3.05) is 0 Å². The van der Waals surface area contributed by atoms with E-state index in [0.29, 0.717) is 5.69 Å². The van der Waals surface area contributed by atoms with Gasteiger partial charge in [0.1, 0.15) is 0 Å². The van der Waals surface area contributed by atoms with Gasteiger partial charge in [-0.15, -0.1) is 0 Å². The van der Waals surface area contributed by atoms with Crippen molar-refractivity contribution in [1.29, 1.82) is 0 Å². The summed E-state index contributed by atoms with van der Waals surface area (Å²) in [5.41, 5.74) is 1.68. The first kappa shape index (κ1) is 12.3. The first-order chi connectivity index (χ1) is 8.38. The highest BCUT2D eigenvalue weighted by atomic mass is 16.6. The molecule has 0 aliphatic carbocycles. The highest BCUT2D eigenvalue weighted by Crippen LogP contribution is 2.22. The first-order valence-electron chi connectivity index (χ1n) is 5.69. The maximum absolute atomic E-state index is 10.7. The summed E-state index contributed by atoms with van der Waals surface area (Å²) in [7, 11) is 0. The Morgan fingerprint density at radius 3 is 2.56 bits per heavy atom. The van der Waals surface area contributed by atoms with Crippen LogP contribution in [0.3, 0.4) is 0 Å². The highest BCUT2D eigenvalue weighted by molar-refractivity contribution is 5.42. The normalized spacial score (nSPS) is 11.5. The second kappa shape index (κ2) is 4.25. The Bertz CT molecular complexity index is 582. The van der Waals surface area contributed by atoms with Crippen molar-refractivity contribution >= 4 is 5.69 Å². The van der Waals surface area contributed by atoms with E-state index >= 15 is 0 Å². The van der Waals surface area contributed by atoms with Gasteiger partial charge in [0, 0.05) is 23.7 Å². The minimum Gasteiger partial charge on any atom is -0.258 e. The molecule has 0 aliphatic rings. The summed E-state index contributed by atoms with van der Waals surface area (Å²) in [6, 6.07) is 8.37. The van der Waals surface area contributed by atoms with Gasteiger partial charge in [-0.25, -0.2) is 4.68 Å². The van der Waals surface area contributed by atoms with Crippen LogP contribution in [0.2, 0.25) is 0 Å². The quantitative estimate of drug-likeness (QED) is 0.603. The Kier molecular flexibility index (Phi) is 2.90. The molecule has 0 fully saturated rings. The molecule has 5 heteroatoms. The predicted octanol–water partition coefficient (Wildman–Crippen LogP) is 3.08. The summed E-state index contributed by atoms with van der Waals surface area (Å²) in [4.78, 5) is 10.3. The molecule has 0 saturated carbocycles. The summed E-state index contributed by atoms with van der Waals surface area (Å²) in [6.07, 6.45) is 1.82. The lowest BCUT2D eigenvalue weighted by Gasteiger charge is -2.14. The van der Waals surface area contributed by atoms with Gasteiger partial charge in [0.05, 0.1) is 16.3 Å². The minimum atomic E-state index is -0.405. The number of nitrogens with zero attached hydrogens (tertiary/aromatic N) is 3. The van der Waals surface area contributed by atoms with Crippen molar-refractivity contribution in [3.05, 3.63) is 52.3 Å². The average Bonchev–Trinajstić information content (AvgIpc) is 2.78. The van der Waals surface area contributed by atoms with Crippen LogP contribution in [0.5, 0.6) is 0 Å². The number of hydrogen-bond acceptors (Lipinski definition) is 3. The van der Waals surface area contributed by atoms with Crippen molar-refractivity contribution in [2.24, 2.45) is 0 Å². The monoisotopic (exact) mass is 245 g/mol. The zero-order valence-corrected chi connectivity index (χ0v) is 10.6. The molecule has 0 bridgehead atoms. The number of rotatable bonds is 2. The van der Waals surface area contributed by atoms with Gasteiger partial charge >= 0.3 is 0 Å². The van der Waals surface area contributed by atoms with E-state index in [1.807, 2.05) is 12.3 Å². The predicted molar refractivity (Wildman–Crippen MR) is 68.9 cm³/mol. The van der Waals surface area contributed by atoms with Gasteiger partial charge in [-0.05, 0) is 12.1 Å². The first-order valence-corrected chi connectivity index (χ1v) is 5.69. The molecule has 1 heterocycles. The molecule has 0 unspecified atom stereocenters. The lowest BCUT2D eigenvalue weighted by molar-refractivity contribution is -0.384. The van der Waals surface area contributed by atoms with Crippen LogP contribution >= 0.6 is 0 Å². The SMILES string of the molecule is CC(C)(C)c1ccn(-c2cccc([N+](=O)[O-])c2)n1. The summed E-state index contributed by atoms with van der Waals surface area (Å²) in [6.45, 7) is 6.23. The molecule has 5 nitrogen and oxygen atoms in total. The third-order valence-corrected chi connectivity index (χ3v) is 2.66. The summed E-state index contributed by atoms with van der Waals surface area (Å²) in [5, 5.41) is 15.2. The van der Waals surface area contributed by atoms with Crippen LogP contribution in [-0.4, -0.2) is 14.7 Å². The molecule has 1 aromatic carbocycles. The second-order valence-corrected chi connectivity index (χ2v) is 5.17. The molecular formula is C13H15N3O2. The third-order valence-electron chi connectivity index (χ3n) is 2.66. The molecule has 2 rings (SSSR count). The highest BCUT2D eigenvalue weighted by Gasteiger charge is 2.17. The second-order valence-electron chi connectivity index (χ2n) is 5.17. The molecule has 0 spiro atoms. The summed E-state index contributed by atoms with van der Waals surface area (Å²) in [5.74, 6) is 0. The van der Waals surface area contributed by atoms with E-state index in [9.17, 15) is 10.1 Å². The van der Waals surface area contributed by atoms with Crippen LogP contribution < -0.4 is 0 Å². The minimum absolute atomic E-state index is 0.0358. The molecule has 0 radical (unpaired) electrons. The van der Waals surface area contributed by atoms with Crippen molar-refractivity contribution in [1.82, 2.24) is 9.78 Å². The zero-order chi connectivity index (χ0) is 13.3. The van der Waals surface area contributed by atoms with Crippen LogP contribution in [0, 0.1) is 10.1 Å². The average molecular weight is 245 g/mol. The lowest BCUT2D eigenvalue weighted by Crippen LogP contribution is -2.12. The van der Waals surface area contributed by atoms with Gasteiger partial charge in [0.2, 0.25) is 0 Å². The van der Waals surface area contributed by atoms with Crippen molar-refractivity contribution in [2.45, 2.75) is 26.2 Å². The van der Waals surface area contributed by atoms with Gasteiger partial charge in [-0.1, -0.05) is 26.8 Å². The standard InChI is InChI=1S/C13H15N3O2/c1-13(2,3)12-7-8-15(14-12)10-5-4-6-11(9-10)16(17)18/h4-9H,1-3H3. The van der Waals surface area contributed by atoms with Gasteiger partial charge in [-0.3, -0.25) is 10.1 Å². The van der Waals surface area contributed by atoms with Gasteiger partial charge in [0.25, 0.3) is 5.69 Å². The van der Waals surface area contributed by atoms with Gasteiger partial charge in [-0.2, -0.15) is 5.10 Å². The van der Waals surface area contributed by atoms with Crippen molar-refractivity contribution < 1.29 is 4.92 Å². The Hall–Kier alpha value is -2.17. The van der Waals surface area contributed by atoms with E-state index in [4.69, 9.17) is 0 Å². The Balaban J connectivity index is 2.40. The van der Waals surface area contributed by atoms with E-state index in [1.165, 1.54) is 12.1 Å². The number of benzene rings is 1. The fourth-order valence-electron chi connectivity index (χ4n) is 1.62. The fourth-order valence-corrected chi connectivity index (χ4v) is 1.62. The number of hydrogen-bond donors (Lipinski definition) is 0. The molecule has 0 saturated heterocycles. The van der Waals surface area contributed by atoms with E-state index < -0.39 is 4.92 Å². The van der Waals surface area contributed by atoms with Crippen molar-refractivity contribution in [3.8, 4) is 5.69 Å². The molecule has 0 aliphatic heterocycles. The molecule has 0 amide bonds. The number of nitro groups is 1. The van der Waals surface area contributed by atoms with Crippen LogP contribution in [0.15, 0.2) is 36.5 Å². The largest absolute Gasteiger partial charge is 0.271 e. The number of nitro benzene ring substituents is 1. The van der Waals surface area contributed by atoms with E-state index in [-0.39, 0.29) is 11.1 Å². The molecule has 94 valence electrons. The molecule has 0 atom stereocenters. The number of non-ortho nitro benzene ring substituents is 1. The fraction of sp³-hybridized carbons (Fsp3) is 0.308. The van der Waals surface area contributed by atoms with E-state index in [1.54, 1.807) is 16.8 Å². The summed E-state index contributed by atoms with van der Waals surface area (Å²) < 4.78 is 1.66. The number of aromatic nitrogens is 2. The Morgan fingerprint density at radius 2 is 2.00 bits per heavy atom. The molecular weight excluding hydrogens is 230 g/mol. The molecule has 2 aromatic rings. The van der Waals surface area contributed by atoms with Crippen LogP contribution in [-0.2, 0) is 5.41 Å². The Labute approximate surface area is 105 Å². The smallest absolute Gasteiger partial charge is 0.258 e. The maximum Gasteiger partial charge on any atom is 0.271 e. The maximum atomic E-state index is 10.7. The lowest BCUT2D eigenvalue weighted by atomic mass is 9.93.